The zero-order valence-electron chi connectivity index (χ0n) is 8.19. The molecule has 0 atom stereocenters. The van der Waals surface area contributed by atoms with Gasteiger partial charge in [-0.3, -0.25) is 4.79 Å². The number of rotatable bonds is 3. The van der Waals surface area contributed by atoms with E-state index in [0.29, 0.717) is 0 Å². The van der Waals surface area contributed by atoms with Gasteiger partial charge in [0.15, 0.2) is 6.61 Å². The molecule has 0 unspecified atom stereocenters. The zero-order chi connectivity index (χ0) is 13.9. The Hall–Kier alpha value is -1.48. The van der Waals surface area contributed by atoms with Crippen LogP contribution < -0.4 is 0 Å². The summed E-state index contributed by atoms with van der Waals surface area (Å²) in [5.74, 6) is -2.99. The van der Waals surface area contributed by atoms with E-state index in [0.717, 1.165) is 6.92 Å². The van der Waals surface area contributed by atoms with Crippen molar-refractivity contribution in [1.29, 1.82) is 0 Å². The molecule has 0 amide bonds. The van der Waals surface area contributed by atoms with Crippen molar-refractivity contribution in [2.24, 2.45) is 0 Å². The van der Waals surface area contributed by atoms with Gasteiger partial charge >= 0.3 is 24.3 Å². The van der Waals surface area contributed by atoms with E-state index >= 15 is 0 Å². The summed E-state index contributed by atoms with van der Waals surface area (Å²) >= 11 is 0. The summed E-state index contributed by atoms with van der Waals surface area (Å²) < 4.78 is 78.3. The molecule has 0 rings (SSSR count). The number of esters is 2. The van der Waals surface area contributed by atoms with Crippen molar-refractivity contribution >= 4 is 11.9 Å². The minimum Gasteiger partial charge on any atom is -0.454 e. The molecule has 0 aromatic heterocycles. The molecular formula is C7H6F6O4. The van der Waals surface area contributed by atoms with Gasteiger partial charge in [-0.2, -0.15) is 26.3 Å². The van der Waals surface area contributed by atoms with E-state index in [9.17, 15) is 35.9 Å². The van der Waals surface area contributed by atoms with Crippen molar-refractivity contribution in [2.45, 2.75) is 25.4 Å². The average Bonchev–Trinajstić information content (AvgIpc) is 2.07. The quantitative estimate of drug-likeness (QED) is 0.576. The third-order valence-corrected chi connectivity index (χ3v) is 1.24. The molecule has 17 heavy (non-hydrogen) atoms. The third-order valence-electron chi connectivity index (χ3n) is 1.24. The monoisotopic (exact) mass is 268 g/mol. The number of ether oxygens (including phenoxy) is 2. The van der Waals surface area contributed by atoms with Gasteiger partial charge in [-0.25, -0.2) is 4.79 Å². The van der Waals surface area contributed by atoms with E-state index in [1.807, 2.05) is 0 Å². The van der Waals surface area contributed by atoms with E-state index in [-0.39, 0.29) is 0 Å². The lowest BCUT2D eigenvalue weighted by Gasteiger charge is -2.22. The molecule has 0 spiro atoms. The standard InChI is InChI=1S/C7H6F6O4/c1-3(14)16-2-4(15)17-5(6(8,9)10)7(11,12)13/h5H,2H2,1H3. The molecule has 0 aliphatic rings. The number of carbonyl (C=O) groups excluding carboxylic acids is 2. The molecule has 0 aliphatic carbocycles. The number of halogens is 6. The van der Waals surface area contributed by atoms with Crippen LogP contribution in [0.3, 0.4) is 0 Å². The molecule has 0 N–H and O–H groups in total. The Bertz CT molecular complexity index is 280. The van der Waals surface area contributed by atoms with Gasteiger partial charge < -0.3 is 9.47 Å². The van der Waals surface area contributed by atoms with Crippen molar-refractivity contribution in [3.63, 3.8) is 0 Å². The van der Waals surface area contributed by atoms with Crippen LogP contribution in [0.15, 0.2) is 0 Å². The smallest absolute Gasteiger partial charge is 0.434 e. The van der Waals surface area contributed by atoms with E-state index in [4.69, 9.17) is 0 Å². The number of hydrogen-bond donors (Lipinski definition) is 0. The molecule has 4 nitrogen and oxygen atoms in total. The van der Waals surface area contributed by atoms with E-state index in [2.05, 4.69) is 9.47 Å². The Balaban J connectivity index is 4.57. The van der Waals surface area contributed by atoms with Crippen LogP contribution in [0, 0.1) is 0 Å². The Morgan fingerprint density at radius 2 is 1.47 bits per heavy atom. The second-order valence-electron chi connectivity index (χ2n) is 2.73. The lowest BCUT2D eigenvalue weighted by molar-refractivity contribution is -0.313. The van der Waals surface area contributed by atoms with E-state index in [1.54, 1.807) is 0 Å². The summed E-state index contributed by atoms with van der Waals surface area (Å²) in [6, 6.07) is 0. The Kier molecular flexibility index (Phi) is 4.78. The SMILES string of the molecule is CC(=O)OCC(=O)OC(C(F)(F)F)C(F)(F)F. The summed E-state index contributed by atoms with van der Waals surface area (Å²) in [5.41, 5.74) is 0. The van der Waals surface area contributed by atoms with Gasteiger partial charge in [0.1, 0.15) is 0 Å². The zero-order valence-corrected chi connectivity index (χ0v) is 8.19. The number of carbonyl (C=O) groups is 2. The first-order chi connectivity index (χ1) is 7.44. The molecule has 0 aromatic rings. The maximum atomic E-state index is 11.9. The van der Waals surface area contributed by atoms with Crippen LogP contribution in [0.1, 0.15) is 6.92 Å². The maximum Gasteiger partial charge on any atom is 0.434 e. The topological polar surface area (TPSA) is 52.6 Å². The van der Waals surface area contributed by atoms with Crippen molar-refractivity contribution in [2.75, 3.05) is 6.61 Å². The molecule has 0 radical (unpaired) electrons. The molecule has 0 saturated heterocycles. The van der Waals surface area contributed by atoms with Crippen molar-refractivity contribution < 1.29 is 45.4 Å². The fourth-order valence-corrected chi connectivity index (χ4v) is 0.645. The van der Waals surface area contributed by atoms with Crippen LogP contribution in [0.2, 0.25) is 0 Å². The van der Waals surface area contributed by atoms with Crippen LogP contribution in [0.25, 0.3) is 0 Å². The molecule has 0 fully saturated rings. The highest BCUT2D eigenvalue weighted by molar-refractivity contribution is 5.75. The van der Waals surface area contributed by atoms with Crippen molar-refractivity contribution in [3.05, 3.63) is 0 Å². The molecule has 0 aliphatic heterocycles. The first-order valence-electron chi connectivity index (χ1n) is 3.91. The first-order valence-corrected chi connectivity index (χ1v) is 3.91. The van der Waals surface area contributed by atoms with Crippen LogP contribution in [-0.2, 0) is 19.1 Å². The van der Waals surface area contributed by atoms with Crippen LogP contribution in [0.4, 0.5) is 26.3 Å². The minimum absolute atomic E-state index is 0.818. The van der Waals surface area contributed by atoms with Gasteiger partial charge in [0, 0.05) is 6.92 Å². The maximum absolute atomic E-state index is 11.9. The first kappa shape index (κ1) is 15.5. The van der Waals surface area contributed by atoms with E-state index < -0.39 is 37.0 Å². The van der Waals surface area contributed by atoms with Gasteiger partial charge in [0.05, 0.1) is 0 Å². The normalized spacial score (nSPS) is 12.5. The summed E-state index contributed by atoms with van der Waals surface area (Å²) in [6.07, 6.45) is -15.8. The van der Waals surface area contributed by atoms with Gasteiger partial charge in [-0.05, 0) is 0 Å². The summed E-state index contributed by atoms with van der Waals surface area (Å²) in [6.45, 7) is -0.504. The van der Waals surface area contributed by atoms with Crippen LogP contribution in [0.5, 0.6) is 0 Å². The minimum atomic E-state index is -5.79. The third kappa shape index (κ3) is 5.97. The van der Waals surface area contributed by atoms with Gasteiger partial charge in [-0.1, -0.05) is 0 Å². The highest BCUT2D eigenvalue weighted by Gasteiger charge is 2.59. The molecule has 0 bridgehead atoms. The summed E-state index contributed by atoms with van der Waals surface area (Å²) in [5, 5.41) is 0. The Labute approximate surface area is 90.5 Å². The predicted molar refractivity (Wildman–Crippen MR) is 38.6 cm³/mol. The van der Waals surface area contributed by atoms with Gasteiger partial charge in [0.2, 0.25) is 0 Å². The van der Waals surface area contributed by atoms with Gasteiger partial charge in [-0.15, -0.1) is 0 Å². The summed E-state index contributed by atoms with van der Waals surface area (Å²) in [4.78, 5) is 20.7. The van der Waals surface area contributed by atoms with Crippen LogP contribution >= 0.6 is 0 Å². The van der Waals surface area contributed by atoms with E-state index in [1.165, 1.54) is 0 Å². The largest absolute Gasteiger partial charge is 0.454 e. The molecule has 100 valence electrons. The molecule has 0 heterocycles. The Morgan fingerprint density at radius 1 is 1.06 bits per heavy atom. The highest BCUT2D eigenvalue weighted by Crippen LogP contribution is 2.35. The second kappa shape index (κ2) is 5.23. The molecule has 10 heteroatoms. The van der Waals surface area contributed by atoms with Gasteiger partial charge in [0.25, 0.3) is 6.10 Å². The van der Waals surface area contributed by atoms with Crippen LogP contribution in [-0.4, -0.2) is 37.0 Å². The summed E-state index contributed by atoms with van der Waals surface area (Å²) in [7, 11) is 0. The molecule has 0 aromatic carbocycles. The molecular weight excluding hydrogens is 262 g/mol. The highest BCUT2D eigenvalue weighted by atomic mass is 19.4. The second-order valence-corrected chi connectivity index (χ2v) is 2.73. The van der Waals surface area contributed by atoms with Crippen molar-refractivity contribution in [3.8, 4) is 0 Å². The fourth-order valence-electron chi connectivity index (χ4n) is 0.645. The Morgan fingerprint density at radius 3 is 1.76 bits per heavy atom. The lowest BCUT2D eigenvalue weighted by Crippen LogP contribution is -2.46. The molecule has 0 saturated carbocycles. The number of alkyl halides is 6. The number of hydrogen-bond acceptors (Lipinski definition) is 4. The lowest BCUT2D eigenvalue weighted by atomic mass is 10.3. The van der Waals surface area contributed by atoms with Crippen molar-refractivity contribution in [1.82, 2.24) is 0 Å². The fraction of sp³-hybridized carbons (Fsp3) is 0.714. The average molecular weight is 268 g/mol. The predicted octanol–water partition coefficient (Wildman–Crippen LogP) is 1.59.